The second-order valence-electron chi connectivity index (χ2n) is 1.29. The van der Waals surface area contributed by atoms with Crippen molar-refractivity contribution in [1.29, 1.82) is 0 Å². The average Bonchev–Trinajstić information content (AvgIpc) is 1.88. The predicted molar refractivity (Wildman–Crippen MR) is 34.3 cm³/mol. The molecule has 0 saturated heterocycles. The number of nitrogens with two attached hydrogens (primary N) is 1. The summed E-state index contributed by atoms with van der Waals surface area (Å²) >= 11 is 0. The molecule has 0 fully saturated rings. The number of urea groups is 1. The van der Waals surface area contributed by atoms with Crippen LogP contribution >= 0.6 is 0 Å². The smallest absolute Gasteiger partial charge is 0.381 e. The van der Waals surface area contributed by atoms with Gasteiger partial charge in [-0.3, -0.25) is 0 Å². The number of carbonyl (C=O) groups is 1. The molecular weight excluding hydrogens is 136 g/mol. The number of amides is 2. The summed E-state index contributed by atoms with van der Waals surface area (Å²) in [6.45, 7) is 2.64. The maximum absolute atomic E-state index is 9.87. The van der Waals surface area contributed by atoms with E-state index in [1.54, 1.807) is 10.1 Å². The van der Waals surface area contributed by atoms with Crippen molar-refractivity contribution in [3.8, 4) is 0 Å². The van der Waals surface area contributed by atoms with Gasteiger partial charge in [-0.25, -0.2) is 4.79 Å². The van der Waals surface area contributed by atoms with Crippen LogP contribution in [-0.2, 0) is 4.46 Å². The van der Waals surface area contributed by atoms with E-state index in [2.05, 4.69) is 5.32 Å². The fourth-order valence-corrected chi connectivity index (χ4v) is 0.248. The molecule has 5 heteroatoms. The lowest BCUT2D eigenvalue weighted by atomic mass is 10.5. The number of nitrogens with one attached hydrogen (secondary N) is 1. The molecule has 0 aliphatic carbocycles. The quantitative estimate of drug-likeness (QED) is 0.519. The minimum absolute atomic E-state index is 0.443. The molecular formula is C4H10N2O2Si. The first-order chi connectivity index (χ1) is 4.27. The van der Waals surface area contributed by atoms with Crippen molar-refractivity contribution < 1.29 is 9.26 Å². The minimum atomic E-state index is -0.443. The zero-order valence-corrected chi connectivity index (χ0v) is 6.31. The lowest BCUT2D eigenvalue weighted by Gasteiger charge is -1.93. The molecule has 0 aromatic carbocycles. The second kappa shape index (κ2) is 10.3. The average molecular weight is 146 g/mol. The Morgan fingerprint density at radius 2 is 2.11 bits per heavy atom. The van der Waals surface area contributed by atoms with Crippen molar-refractivity contribution in [3.05, 3.63) is 0 Å². The monoisotopic (exact) mass is 146 g/mol. The first-order valence-corrected chi connectivity index (χ1v) is 2.92. The molecule has 0 spiro atoms. The first-order valence-electron chi connectivity index (χ1n) is 2.51. The van der Waals surface area contributed by atoms with Gasteiger partial charge >= 0.3 is 16.2 Å². The van der Waals surface area contributed by atoms with E-state index in [0.717, 1.165) is 6.42 Å². The highest BCUT2D eigenvalue weighted by Gasteiger charge is 1.83. The molecule has 2 amide bonds. The summed E-state index contributed by atoms with van der Waals surface area (Å²) in [5.74, 6) is 0. The number of carbonyl (C=O) groups excluding carboxylic acids is 1. The molecule has 0 bridgehead atoms. The molecule has 2 radical (unpaired) electrons. The maximum atomic E-state index is 9.87. The molecule has 3 N–H and O–H groups in total. The Morgan fingerprint density at radius 1 is 1.67 bits per heavy atom. The highest BCUT2D eigenvalue weighted by atomic mass is 28.1. The normalized spacial score (nSPS) is 6.78. The molecule has 9 heavy (non-hydrogen) atoms. The maximum Gasteiger partial charge on any atom is 0.381 e. The van der Waals surface area contributed by atoms with Gasteiger partial charge in [0.15, 0.2) is 0 Å². The Balaban J connectivity index is 0. The van der Waals surface area contributed by atoms with Crippen LogP contribution < -0.4 is 11.1 Å². The zero-order chi connectivity index (χ0) is 7.70. The molecule has 0 saturated carbocycles. The Labute approximate surface area is 57.3 Å². The Hall–Kier alpha value is -0.713. The Bertz CT molecular complexity index is 79.0. The second-order valence-corrected chi connectivity index (χ2v) is 1.29. The summed E-state index contributed by atoms with van der Waals surface area (Å²) in [6, 6.07) is -0.443. The van der Waals surface area contributed by atoms with Crippen LogP contribution in [0.5, 0.6) is 0 Å². The largest absolute Gasteiger partial charge is 0.381 e. The molecule has 4 nitrogen and oxygen atoms in total. The third kappa shape index (κ3) is 18.9. The molecule has 0 rings (SSSR count). The van der Waals surface area contributed by atoms with Crippen LogP contribution in [0.4, 0.5) is 4.79 Å². The SMILES string of the molecule is CCCNC(N)=O.O=[Si]. The lowest BCUT2D eigenvalue weighted by molar-refractivity contribution is 0.249. The fourth-order valence-electron chi connectivity index (χ4n) is 0.248. The van der Waals surface area contributed by atoms with Crippen LogP contribution in [0.25, 0.3) is 0 Å². The van der Waals surface area contributed by atoms with Crippen LogP contribution in [0.15, 0.2) is 0 Å². The van der Waals surface area contributed by atoms with E-state index in [-0.39, 0.29) is 0 Å². The molecule has 0 heterocycles. The number of rotatable bonds is 2. The van der Waals surface area contributed by atoms with Gasteiger partial charge in [0.2, 0.25) is 0 Å². The topological polar surface area (TPSA) is 72.2 Å². The summed E-state index contributed by atoms with van der Waals surface area (Å²) in [5, 5.41) is 2.43. The van der Waals surface area contributed by atoms with Gasteiger partial charge in [-0.2, -0.15) is 0 Å². The summed E-state index contributed by atoms with van der Waals surface area (Å²) in [5.41, 5.74) is 4.73. The van der Waals surface area contributed by atoms with Crippen molar-refractivity contribution in [1.82, 2.24) is 5.32 Å². The Kier molecular flexibility index (Phi) is 12.7. The van der Waals surface area contributed by atoms with Crippen molar-refractivity contribution in [2.24, 2.45) is 5.73 Å². The standard InChI is InChI=1S/C4H10N2O.OSi/c1-2-3-6-4(5)7;1-2/h2-3H2,1H3,(H3,5,6,7);. The van der Waals surface area contributed by atoms with Gasteiger partial charge in [-0.05, 0) is 6.42 Å². The summed E-state index contributed by atoms with van der Waals surface area (Å²) in [4.78, 5) is 9.87. The fraction of sp³-hybridized carbons (Fsp3) is 0.750. The van der Waals surface area contributed by atoms with Gasteiger partial charge in [0.1, 0.15) is 0 Å². The molecule has 0 unspecified atom stereocenters. The highest BCUT2D eigenvalue weighted by Crippen LogP contribution is 1.66. The molecule has 0 aromatic rings. The van der Waals surface area contributed by atoms with Gasteiger partial charge in [-0.15, -0.1) is 0 Å². The Morgan fingerprint density at radius 3 is 2.22 bits per heavy atom. The predicted octanol–water partition coefficient (Wildman–Crippen LogP) is -0.435. The summed E-state index contributed by atoms with van der Waals surface area (Å²) < 4.78 is 8.06. The number of hydrogen-bond donors (Lipinski definition) is 2. The van der Waals surface area contributed by atoms with Gasteiger partial charge in [0, 0.05) is 6.54 Å². The van der Waals surface area contributed by atoms with Gasteiger partial charge in [0.25, 0.3) is 0 Å². The molecule has 52 valence electrons. The van der Waals surface area contributed by atoms with Gasteiger partial charge in [0.05, 0.1) is 0 Å². The van der Waals surface area contributed by atoms with E-state index in [1.165, 1.54) is 0 Å². The molecule has 0 atom stereocenters. The minimum Gasteiger partial charge on any atom is -0.381 e. The van der Waals surface area contributed by atoms with Gasteiger partial charge in [-0.1, -0.05) is 6.92 Å². The van der Waals surface area contributed by atoms with E-state index in [1.807, 2.05) is 6.92 Å². The van der Waals surface area contributed by atoms with E-state index in [0.29, 0.717) is 6.54 Å². The summed E-state index contributed by atoms with van der Waals surface area (Å²) in [7, 11) is 1.72. The third-order valence-corrected chi connectivity index (χ3v) is 0.549. The van der Waals surface area contributed by atoms with Crippen LogP contribution in [-0.4, -0.2) is 22.7 Å². The first kappa shape index (κ1) is 11.1. The van der Waals surface area contributed by atoms with Crippen molar-refractivity contribution in [3.63, 3.8) is 0 Å². The number of primary amides is 1. The lowest BCUT2D eigenvalue weighted by Crippen LogP contribution is -2.29. The molecule has 0 aliphatic rings. The van der Waals surface area contributed by atoms with Crippen molar-refractivity contribution in [2.75, 3.05) is 6.54 Å². The molecule has 0 aliphatic heterocycles. The van der Waals surface area contributed by atoms with Crippen LogP contribution in [0.3, 0.4) is 0 Å². The van der Waals surface area contributed by atoms with Crippen LogP contribution in [0, 0.1) is 0 Å². The highest BCUT2D eigenvalue weighted by molar-refractivity contribution is 5.85. The summed E-state index contributed by atoms with van der Waals surface area (Å²) in [6.07, 6.45) is 0.933. The van der Waals surface area contributed by atoms with E-state index >= 15 is 0 Å². The third-order valence-electron chi connectivity index (χ3n) is 0.549. The van der Waals surface area contributed by atoms with Crippen molar-refractivity contribution in [2.45, 2.75) is 13.3 Å². The van der Waals surface area contributed by atoms with Crippen molar-refractivity contribution >= 4 is 16.2 Å². The zero-order valence-electron chi connectivity index (χ0n) is 5.31. The number of hydrogen-bond acceptors (Lipinski definition) is 2. The van der Waals surface area contributed by atoms with Crippen LogP contribution in [0.1, 0.15) is 13.3 Å². The van der Waals surface area contributed by atoms with E-state index in [4.69, 9.17) is 10.2 Å². The van der Waals surface area contributed by atoms with Gasteiger partial charge < -0.3 is 15.5 Å². The molecule has 0 aromatic heterocycles. The van der Waals surface area contributed by atoms with Crippen LogP contribution in [0.2, 0.25) is 0 Å². The van der Waals surface area contributed by atoms with E-state index in [9.17, 15) is 4.79 Å². The van der Waals surface area contributed by atoms with E-state index < -0.39 is 6.03 Å².